The summed E-state index contributed by atoms with van der Waals surface area (Å²) >= 11 is 0. The van der Waals surface area contributed by atoms with E-state index >= 15 is 0 Å². The van der Waals surface area contributed by atoms with Crippen LogP contribution in [0.1, 0.15) is 5.56 Å². The first-order valence-corrected chi connectivity index (χ1v) is 7.23. The lowest BCUT2D eigenvalue weighted by Crippen LogP contribution is -1.97. The summed E-state index contributed by atoms with van der Waals surface area (Å²) < 4.78 is 12.6. The molecule has 0 aliphatic carbocycles. The van der Waals surface area contributed by atoms with Crippen LogP contribution in [0.15, 0.2) is 70.7 Å². The Kier molecular flexibility index (Phi) is 3.13. The summed E-state index contributed by atoms with van der Waals surface area (Å²) in [6, 6.07) is 17.6. The molecule has 0 amide bonds. The average Bonchev–Trinajstić information content (AvgIpc) is 2.47. The van der Waals surface area contributed by atoms with Crippen LogP contribution in [0.2, 0.25) is 0 Å². The fourth-order valence-electron chi connectivity index (χ4n) is 2.01. The molecule has 0 saturated heterocycles. The molecule has 0 fully saturated rings. The quantitative estimate of drug-likeness (QED) is 0.708. The topological polar surface area (TPSA) is 30.0 Å². The maximum Gasteiger partial charge on any atom is 0.139 e. The van der Waals surface area contributed by atoms with Gasteiger partial charge in [0.1, 0.15) is 15.8 Å². The lowest BCUT2D eigenvalue weighted by Gasteiger charge is -2.05. The summed E-state index contributed by atoms with van der Waals surface area (Å²) in [7, 11) is -1.24. The van der Waals surface area contributed by atoms with Crippen LogP contribution in [-0.2, 0) is 10.8 Å². The fraction of sp³-hybridized carbons (Fsp3) is 0.0625. The van der Waals surface area contributed by atoms with Crippen LogP contribution >= 0.6 is 0 Å². The number of aryl methyl sites for hydroxylation is 1. The minimum atomic E-state index is -1.24. The van der Waals surface area contributed by atoms with Crippen molar-refractivity contribution in [1.29, 1.82) is 0 Å². The maximum absolute atomic E-state index is 12.6. The minimum absolute atomic E-state index is 0.627. The maximum atomic E-state index is 12.6. The molecule has 0 N–H and O–H groups in total. The van der Waals surface area contributed by atoms with Gasteiger partial charge in [0.05, 0.1) is 0 Å². The van der Waals surface area contributed by atoms with Gasteiger partial charge in [0.25, 0.3) is 0 Å². The highest BCUT2D eigenvalue weighted by atomic mass is 32.2. The number of benzene rings is 2. The highest BCUT2D eigenvalue weighted by Gasteiger charge is 2.11. The minimum Gasteiger partial charge on any atom is -0.247 e. The SMILES string of the molecule is Cc1ccc(S(=O)c2nccc3ccccc23)cc1. The number of pyridine rings is 1. The molecule has 3 heteroatoms. The molecule has 3 rings (SSSR count). The lowest BCUT2D eigenvalue weighted by molar-refractivity contribution is 0.681. The zero-order valence-corrected chi connectivity index (χ0v) is 11.4. The number of aromatic nitrogens is 1. The Balaban J connectivity index is 2.14. The highest BCUT2D eigenvalue weighted by Crippen LogP contribution is 2.23. The molecule has 3 aromatic rings. The third kappa shape index (κ3) is 2.29. The molecule has 0 bridgehead atoms. The largest absolute Gasteiger partial charge is 0.247 e. The average molecular weight is 267 g/mol. The number of hydrogen-bond acceptors (Lipinski definition) is 2. The smallest absolute Gasteiger partial charge is 0.139 e. The van der Waals surface area contributed by atoms with E-state index in [0.717, 1.165) is 21.2 Å². The lowest BCUT2D eigenvalue weighted by atomic mass is 10.2. The van der Waals surface area contributed by atoms with Crippen molar-refractivity contribution < 1.29 is 4.21 Å². The number of hydrogen-bond donors (Lipinski definition) is 0. The summed E-state index contributed by atoms with van der Waals surface area (Å²) in [6.45, 7) is 2.02. The zero-order chi connectivity index (χ0) is 13.2. The molecule has 0 aliphatic rings. The normalized spacial score (nSPS) is 12.5. The first-order chi connectivity index (χ1) is 9.25. The number of fused-ring (bicyclic) bond motifs is 1. The van der Waals surface area contributed by atoms with E-state index < -0.39 is 10.8 Å². The summed E-state index contributed by atoms with van der Waals surface area (Å²) in [5, 5.41) is 2.64. The Morgan fingerprint density at radius 3 is 2.47 bits per heavy atom. The first kappa shape index (κ1) is 12.1. The van der Waals surface area contributed by atoms with Crippen LogP contribution in [0, 0.1) is 6.92 Å². The molecule has 1 atom stereocenters. The summed E-state index contributed by atoms with van der Waals surface area (Å²) in [6.07, 6.45) is 1.71. The van der Waals surface area contributed by atoms with Gasteiger partial charge in [-0.1, -0.05) is 42.0 Å². The molecule has 2 aromatic carbocycles. The van der Waals surface area contributed by atoms with Gasteiger partial charge in [-0.25, -0.2) is 9.19 Å². The fourth-order valence-corrected chi connectivity index (χ4v) is 3.16. The molecule has 94 valence electrons. The van der Waals surface area contributed by atoms with E-state index in [-0.39, 0.29) is 0 Å². The van der Waals surface area contributed by atoms with E-state index in [1.807, 2.05) is 61.5 Å². The molecular weight excluding hydrogens is 254 g/mol. The van der Waals surface area contributed by atoms with Gasteiger partial charge in [0.15, 0.2) is 0 Å². The van der Waals surface area contributed by atoms with E-state index in [4.69, 9.17) is 0 Å². The van der Waals surface area contributed by atoms with Gasteiger partial charge in [-0.05, 0) is 30.5 Å². The van der Waals surface area contributed by atoms with Crippen LogP contribution < -0.4 is 0 Å². The molecule has 1 unspecified atom stereocenters. The molecule has 1 heterocycles. The van der Waals surface area contributed by atoms with Gasteiger partial charge in [0, 0.05) is 16.5 Å². The van der Waals surface area contributed by atoms with Crippen molar-refractivity contribution in [2.75, 3.05) is 0 Å². The predicted octanol–water partition coefficient (Wildman–Crippen LogP) is 3.71. The van der Waals surface area contributed by atoms with Crippen LogP contribution in [0.5, 0.6) is 0 Å². The Hall–Kier alpha value is -2.00. The monoisotopic (exact) mass is 267 g/mol. The van der Waals surface area contributed by atoms with E-state index in [2.05, 4.69) is 4.98 Å². The summed E-state index contributed by atoms with van der Waals surface area (Å²) in [5.41, 5.74) is 1.16. The van der Waals surface area contributed by atoms with Crippen LogP contribution in [0.4, 0.5) is 0 Å². The first-order valence-electron chi connectivity index (χ1n) is 6.08. The van der Waals surface area contributed by atoms with Gasteiger partial charge < -0.3 is 0 Å². The molecular formula is C16H13NOS. The van der Waals surface area contributed by atoms with E-state index in [1.54, 1.807) is 6.20 Å². The number of nitrogens with zero attached hydrogens (tertiary/aromatic N) is 1. The Labute approximate surface area is 114 Å². The molecule has 0 radical (unpaired) electrons. The van der Waals surface area contributed by atoms with Crippen LogP contribution in [-0.4, -0.2) is 9.19 Å². The second kappa shape index (κ2) is 4.94. The third-order valence-corrected chi connectivity index (χ3v) is 4.42. The predicted molar refractivity (Wildman–Crippen MR) is 77.6 cm³/mol. The van der Waals surface area contributed by atoms with Crippen molar-refractivity contribution in [2.45, 2.75) is 16.8 Å². The highest BCUT2D eigenvalue weighted by molar-refractivity contribution is 7.85. The molecule has 2 nitrogen and oxygen atoms in total. The van der Waals surface area contributed by atoms with Gasteiger partial charge in [-0.2, -0.15) is 0 Å². The van der Waals surface area contributed by atoms with E-state index in [9.17, 15) is 4.21 Å². The van der Waals surface area contributed by atoms with Gasteiger partial charge in [0.2, 0.25) is 0 Å². The van der Waals surface area contributed by atoms with Crippen LogP contribution in [0.25, 0.3) is 10.8 Å². The van der Waals surface area contributed by atoms with E-state index in [0.29, 0.717) is 5.03 Å². The molecule has 1 aromatic heterocycles. The number of rotatable bonds is 2. The van der Waals surface area contributed by atoms with Crippen molar-refractivity contribution in [1.82, 2.24) is 4.98 Å². The van der Waals surface area contributed by atoms with E-state index in [1.165, 1.54) is 0 Å². The molecule has 0 aliphatic heterocycles. The van der Waals surface area contributed by atoms with Crippen molar-refractivity contribution in [2.24, 2.45) is 0 Å². The molecule has 19 heavy (non-hydrogen) atoms. The van der Waals surface area contributed by atoms with Gasteiger partial charge in [-0.15, -0.1) is 0 Å². The standard InChI is InChI=1S/C16H13NOS/c1-12-6-8-14(9-7-12)19(18)16-15-5-3-2-4-13(15)10-11-17-16/h2-11H,1H3. The summed E-state index contributed by atoms with van der Waals surface area (Å²) in [5.74, 6) is 0. The zero-order valence-electron chi connectivity index (χ0n) is 10.5. The molecule has 0 saturated carbocycles. The Bertz CT molecular complexity index is 745. The second-order valence-electron chi connectivity index (χ2n) is 4.42. The Morgan fingerprint density at radius 1 is 0.947 bits per heavy atom. The van der Waals surface area contributed by atoms with Gasteiger partial charge >= 0.3 is 0 Å². The van der Waals surface area contributed by atoms with Crippen molar-refractivity contribution in [3.05, 3.63) is 66.4 Å². The van der Waals surface area contributed by atoms with Gasteiger partial charge in [-0.3, -0.25) is 0 Å². The summed E-state index contributed by atoms with van der Waals surface area (Å²) in [4.78, 5) is 5.09. The van der Waals surface area contributed by atoms with Crippen molar-refractivity contribution in [3.8, 4) is 0 Å². The van der Waals surface area contributed by atoms with Crippen molar-refractivity contribution in [3.63, 3.8) is 0 Å². The van der Waals surface area contributed by atoms with Crippen molar-refractivity contribution >= 4 is 21.6 Å². The second-order valence-corrected chi connectivity index (χ2v) is 5.81. The molecule has 0 spiro atoms. The Morgan fingerprint density at radius 2 is 1.68 bits per heavy atom. The van der Waals surface area contributed by atoms with Crippen LogP contribution in [0.3, 0.4) is 0 Å². The third-order valence-electron chi connectivity index (χ3n) is 3.05.